The zero-order valence-corrected chi connectivity index (χ0v) is 16.8. The minimum Gasteiger partial charge on any atom is -0.492 e. The highest BCUT2D eigenvalue weighted by Gasteiger charge is 2.36. The second kappa shape index (κ2) is 6.92. The van der Waals surface area contributed by atoms with Gasteiger partial charge in [0.05, 0.1) is 11.3 Å². The number of aromatic nitrogens is 1. The molecule has 6 heteroatoms. The highest BCUT2D eigenvalue weighted by Crippen LogP contribution is 2.41. The molecule has 2 aliphatic carbocycles. The average Bonchev–Trinajstić information content (AvgIpc) is 3.38. The number of allylic oxidation sites excluding steroid dienone is 1. The number of hydrogen-bond donors (Lipinski definition) is 2. The fourth-order valence-corrected chi connectivity index (χ4v) is 5.86. The van der Waals surface area contributed by atoms with Crippen molar-refractivity contribution < 1.29 is 9.90 Å². The molecule has 2 bridgehead atoms. The fourth-order valence-electron chi connectivity index (χ4n) is 4.96. The Morgan fingerprint density at radius 2 is 2.25 bits per heavy atom. The third-order valence-electron chi connectivity index (χ3n) is 6.30. The number of nitrogens with zero attached hydrogens (tertiary/aromatic N) is 2. The van der Waals surface area contributed by atoms with E-state index in [-0.39, 0.29) is 18.2 Å². The van der Waals surface area contributed by atoms with Crippen LogP contribution in [0, 0.1) is 18.8 Å². The van der Waals surface area contributed by atoms with E-state index >= 15 is 0 Å². The van der Waals surface area contributed by atoms with Crippen molar-refractivity contribution in [1.29, 1.82) is 0 Å². The number of aryl methyl sites for hydroxylation is 2. The number of amides is 1. The predicted octanol–water partition coefficient (Wildman–Crippen LogP) is 4.06. The van der Waals surface area contributed by atoms with Crippen molar-refractivity contribution in [1.82, 2.24) is 4.98 Å². The van der Waals surface area contributed by atoms with Gasteiger partial charge in [0.15, 0.2) is 5.13 Å². The topological polar surface area (TPSA) is 65.5 Å². The molecule has 1 fully saturated rings. The Morgan fingerprint density at radius 1 is 1.36 bits per heavy atom. The highest BCUT2D eigenvalue weighted by molar-refractivity contribution is 7.16. The van der Waals surface area contributed by atoms with E-state index < -0.39 is 0 Å². The van der Waals surface area contributed by atoms with E-state index in [2.05, 4.69) is 47.6 Å². The minimum absolute atomic E-state index is 0.0124. The summed E-state index contributed by atoms with van der Waals surface area (Å²) in [4.78, 5) is 19.9. The van der Waals surface area contributed by atoms with Crippen molar-refractivity contribution >= 4 is 28.1 Å². The smallest absolute Gasteiger partial charge is 0.232 e. The summed E-state index contributed by atoms with van der Waals surface area (Å²) in [5.41, 5.74) is 3.42. The van der Waals surface area contributed by atoms with Crippen LogP contribution in [-0.4, -0.2) is 28.6 Å². The summed E-state index contributed by atoms with van der Waals surface area (Å²) >= 11 is 1.41. The molecule has 1 aliphatic heterocycles. The molecule has 1 amide bonds. The van der Waals surface area contributed by atoms with Gasteiger partial charge in [-0.1, -0.05) is 41.7 Å². The quantitative estimate of drug-likeness (QED) is 0.767. The second-order valence-electron chi connectivity index (χ2n) is 8.21. The van der Waals surface area contributed by atoms with E-state index in [9.17, 15) is 9.90 Å². The number of nitrogens with one attached hydrogen (secondary N) is 1. The maximum absolute atomic E-state index is 13.1. The number of anilines is 2. The second-order valence-corrected chi connectivity index (χ2v) is 9.29. The van der Waals surface area contributed by atoms with Crippen molar-refractivity contribution in [2.45, 2.75) is 45.1 Å². The van der Waals surface area contributed by atoms with Crippen molar-refractivity contribution in [3.63, 3.8) is 0 Å². The van der Waals surface area contributed by atoms with E-state index in [1.807, 2.05) is 4.90 Å². The molecule has 2 aromatic rings. The Hall–Kier alpha value is -2.34. The number of carbonyl (C=O) groups excluding carboxylic acids is 1. The maximum Gasteiger partial charge on any atom is 0.232 e. The number of benzene rings is 1. The summed E-state index contributed by atoms with van der Waals surface area (Å²) in [6.45, 7) is 2.79. The predicted molar refractivity (Wildman–Crippen MR) is 112 cm³/mol. The van der Waals surface area contributed by atoms with E-state index in [1.165, 1.54) is 23.3 Å². The highest BCUT2D eigenvalue weighted by atomic mass is 32.1. The Bertz CT molecular complexity index is 951. The zero-order chi connectivity index (χ0) is 19.3. The van der Waals surface area contributed by atoms with Gasteiger partial charge in [0.1, 0.15) is 0 Å². The number of para-hydroxylation sites is 1. The SMILES string of the molecule is Cc1cccc2c1N(C(=O)Cc1sc(NC3CC4C=CC3C4)nc1O)CCC2. The monoisotopic (exact) mass is 395 g/mol. The average molecular weight is 396 g/mol. The molecule has 1 aromatic heterocycles. The van der Waals surface area contributed by atoms with Crippen LogP contribution in [0.5, 0.6) is 5.88 Å². The Kier molecular flexibility index (Phi) is 4.38. The van der Waals surface area contributed by atoms with Crippen LogP contribution in [0.3, 0.4) is 0 Å². The first-order valence-corrected chi connectivity index (χ1v) is 10.9. The lowest BCUT2D eigenvalue weighted by molar-refractivity contribution is -0.118. The Morgan fingerprint density at radius 3 is 3.04 bits per heavy atom. The summed E-state index contributed by atoms with van der Waals surface area (Å²) in [5.74, 6) is 1.26. The van der Waals surface area contributed by atoms with Crippen LogP contribution >= 0.6 is 11.3 Å². The van der Waals surface area contributed by atoms with E-state index in [4.69, 9.17) is 0 Å². The molecule has 1 saturated carbocycles. The molecule has 0 radical (unpaired) electrons. The number of aromatic hydroxyl groups is 1. The van der Waals surface area contributed by atoms with Crippen LogP contribution in [0.1, 0.15) is 35.3 Å². The van der Waals surface area contributed by atoms with Gasteiger partial charge in [0.25, 0.3) is 0 Å². The fraction of sp³-hybridized carbons (Fsp3) is 0.455. The van der Waals surface area contributed by atoms with E-state index in [0.29, 0.717) is 22.8 Å². The lowest BCUT2D eigenvalue weighted by Gasteiger charge is -2.31. The van der Waals surface area contributed by atoms with Gasteiger partial charge in [-0.15, -0.1) is 0 Å². The largest absolute Gasteiger partial charge is 0.492 e. The first-order valence-electron chi connectivity index (χ1n) is 10.1. The number of thiazole rings is 1. The number of hydrogen-bond acceptors (Lipinski definition) is 5. The van der Waals surface area contributed by atoms with Gasteiger partial charge in [-0.05, 0) is 55.6 Å². The number of rotatable bonds is 4. The van der Waals surface area contributed by atoms with E-state index in [1.54, 1.807) is 0 Å². The maximum atomic E-state index is 13.1. The lowest BCUT2D eigenvalue weighted by Crippen LogP contribution is -2.37. The van der Waals surface area contributed by atoms with Crippen LogP contribution in [0.25, 0.3) is 0 Å². The molecule has 0 saturated heterocycles. The molecule has 2 N–H and O–H groups in total. The summed E-state index contributed by atoms with van der Waals surface area (Å²) in [6, 6.07) is 6.61. The first-order chi connectivity index (χ1) is 13.6. The van der Waals surface area contributed by atoms with Crippen molar-refractivity contribution in [2.75, 3.05) is 16.8 Å². The van der Waals surface area contributed by atoms with Crippen LogP contribution < -0.4 is 10.2 Å². The molecule has 146 valence electrons. The molecular weight excluding hydrogens is 370 g/mol. The first kappa shape index (κ1) is 17.7. The molecule has 3 aliphatic rings. The van der Waals surface area contributed by atoms with Gasteiger partial charge in [0, 0.05) is 18.3 Å². The minimum atomic E-state index is -0.0124. The third-order valence-corrected chi connectivity index (χ3v) is 7.27. The normalized spacial score (nSPS) is 25.2. The van der Waals surface area contributed by atoms with Gasteiger partial charge in [-0.3, -0.25) is 4.79 Å². The molecule has 3 unspecified atom stereocenters. The van der Waals surface area contributed by atoms with Crippen LogP contribution in [0.4, 0.5) is 10.8 Å². The van der Waals surface area contributed by atoms with Crippen LogP contribution in [0.15, 0.2) is 30.4 Å². The standard InChI is InChI=1S/C22H25N3O2S/c1-13-4-2-5-15-6-3-9-25(20(13)15)19(26)12-18-21(27)24-22(28-18)23-17-11-14-7-8-16(17)10-14/h2,4-5,7-8,14,16-17,27H,3,6,9-12H2,1H3,(H,23,24). The van der Waals surface area contributed by atoms with Gasteiger partial charge in [0.2, 0.25) is 11.8 Å². The lowest BCUT2D eigenvalue weighted by atomic mass is 9.98. The molecule has 5 rings (SSSR count). The molecule has 3 atom stereocenters. The van der Waals surface area contributed by atoms with Crippen molar-refractivity contribution in [2.24, 2.45) is 11.8 Å². The van der Waals surface area contributed by atoms with Crippen molar-refractivity contribution in [3.8, 4) is 5.88 Å². The van der Waals surface area contributed by atoms with Gasteiger partial charge >= 0.3 is 0 Å². The number of fused-ring (bicyclic) bond motifs is 3. The zero-order valence-electron chi connectivity index (χ0n) is 16.0. The van der Waals surface area contributed by atoms with E-state index in [0.717, 1.165) is 42.2 Å². The molecule has 2 heterocycles. The molecular formula is C22H25N3O2S. The summed E-state index contributed by atoms with van der Waals surface area (Å²) < 4.78 is 0. The van der Waals surface area contributed by atoms with Gasteiger partial charge in [-0.2, -0.15) is 4.98 Å². The summed E-state index contributed by atoms with van der Waals surface area (Å²) in [6.07, 6.45) is 9.12. The Labute approximate surface area is 169 Å². The summed E-state index contributed by atoms with van der Waals surface area (Å²) in [7, 11) is 0. The van der Waals surface area contributed by atoms with Gasteiger partial charge < -0.3 is 15.3 Å². The number of carbonyl (C=O) groups is 1. The summed E-state index contributed by atoms with van der Waals surface area (Å²) in [5, 5.41) is 14.5. The van der Waals surface area contributed by atoms with Crippen LogP contribution in [0.2, 0.25) is 0 Å². The molecule has 28 heavy (non-hydrogen) atoms. The molecule has 5 nitrogen and oxygen atoms in total. The van der Waals surface area contributed by atoms with Gasteiger partial charge in [-0.25, -0.2) is 0 Å². The Balaban J connectivity index is 1.31. The third kappa shape index (κ3) is 3.09. The van der Waals surface area contributed by atoms with Crippen molar-refractivity contribution in [3.05, 3.63) is 46.4 Å². The van der Waals surface area contributed by atoms with Crippen LogP contribution in [-0.2, 0) is 17.6 Å². The molecule has 1 aromatic carbocycles. The molecule has 0 spiro atoms.